The van der Waals surface area contributed by atoms with Crippen molar-refractivity contribution in [3.05, 3.63) is 89.0 Å². The fourth-order valence-corrected chi connectivity index (χ4v) is 4.87. The molecule has 0 spiro atoms. The van der Waals surface area contributed by atoms with E-state index in [1.165, 1.54) is 11.6 Å². The van der Waals surface area contributed by atoms with Crippen molar-refractivity contribution >= 4 is 34.0 Å². The largest absolute Gasteiger partial charge is 0.371 e. The van der Waals surface area contributed by atoms with Crippen molar-refractivity contribution in [3.63, 3.8) is 0 Å². The highest BCUT2D eigenvalue weighted by Gasteiger charge is 2.25. The average molecular weight is 491 g/mol. The minimum atomic E-state index is -0.280. The van der Waals surface area contributed by atoms with Crippen molar-refractivity contribution in [2.75, 3.05) is 23.7 Å². The zero-order valence-electron chi connectivity index (χ0n) is 19.8. The van der Waals surface area contributed by atoms with Gasteiger partial charge in [-0.15, -0.1) is 0 Å². The minimum Gasteiger partial charge on any atom is -0.371 e. The number of carbonyl (C=O) groups is 2. The lowest BCUT2D eigenvalue weighted by Crippen LogP contribution is -2.45. The Labute approximate surface area is 209 Å². The van der Waals surface area contributed by atoms with Gasteiger partial charge in [0.25, 0.3) is 5.91 Å². The van der Waals surface area contributed by atoms with Gasteiger partial charge < -0.3 is 20.3 Å². The third-order valence-electron chi connectivity index (χ3n) is 5.77. The molecule has 1 aliphatic rings. The van der Waals surface area contributed by atoms with E-state index in [-0.39, 0.29) is 17.9 Å². The normalized spacial score (nSPS) is 15.5. The van der Waals surface area contributed by atoms with Crippen LogP contribution in [0.25, 0.3) is 0 Å². The van der Waals surface area contributed by atoms with E-state index in [1.54, 1.807) is 35.6 Å². The summed E-state index contributed by atoms with van der Waals surface area (Å²) in [6, 6.07) is 15.4. The Hall–Kier alpha value is -3.49. The van der Waals surface area contributed by atoms with Crippen LogP contribution in [0.4, 0.5) is 10.8 Å². The van der Waals surface area contributed by atoms with Crippen molar-refractivity contribution in [3.8, 4) is 0 Å². The molecule has 2 aromatic carbocycles. The molecule has 1 aliphatic heterocycles. The molecular formula is C27H30N4O3S. The first kappa shape index (κ1) is 24.6. The highest BCUT2D eigenvalue weighted by atomic mass is 32.1. The topological polar surface area (TPSA) is 83.6 Å². The van der Waals surface area contributed by atoms with Crippen molar-refractivity contribution in [2.45, 2.75) is 39.0 Å². The van der Waals surface area contributed by atoms with Crippen LogP contribution < -0.4 is 10.6 Å². The number of thiazole rings is 1. The maximum atomic E-state index is 13.0. The fourth-order valence-electron chi connectivity index (χ4n) is 4.04. The van der Waals surface area contributed by atoms with Gasteiger partial charge in [0, 0.05) is 36.6 Å². The molecular weight excluding hydrogens is 460 g/mol. The summed E-state index contributed by atoms with van der Waals surface area (Å²) in [5.74, 6) is -0.292. The third kappa shape index (κ3) is 7.00. The van der Waals surface area contributed by atoms with Crippen molar-refractivity contribution in [1.29, 1.82) is 0 Å². The van der Waals surface area contributed by atoms with Gasteiger partial charge in [-0.3, -0.25) is 9.59 Å². The zero-order valence-corrected chi connectivity index (χ0v) is 20.6. The molecule has 1 saturated heterocycles. The van der Waals surface area contributed by atoms with Gasteiger partial charge in [0.1, 0.15) is 0 Å². The molecule has 0 saturated carbocycles. The summed E-state index contributed by atoms with van der Waals surface area (Å²) in [6.07, 6.45) is 4.97. The molecule has 2 N–H and O–H groups in total. The van der Waals surface area contributed by atoms with Gasteiger partial charge in [-0.05, 0) is 55.7 Å². The fraction of sp³-hybridized carbons (Fsp3) is 0.296. The van der Waals surface area contributed by atoms with Gasteiger partial charge in [-0.25, -0.2) is 4.98 Å². The predicted octanol–water partition coefficient (Wildman–Crippen LogP) is 5.01. The van der Waals surface area contributed by atoms with E-state index in [0.717, 1.165) is 35.0 Å². The molecule has 2 amide bonds. The second-order valence-corrected chi connectivity index (χ2v) is 9.73. The minimum absolute atomic E-state index is 0.0116. The van der Waals surface area contributed by atoms with Gasteiger partial charge in [0.15, 0.2) is 5.13 Å². The van der Waals surface area contributed by atoms with E-state index in [1.807, 2.05) is 17.2 Å². The van der Waals surface area contributed by atoms with Crippen molar-refractivity contribution in [1.82, 2.24) is 9.88 Å². The molecule has 1 fully saturated rings. The van der Waals surface area contributed by atoms with Crippen LogP contribution in [0.5, 0.6) is 0 Å². The lowest BCUT2D eigenvalue weighted by molar-refractivity contribution is -0.111. The third-order valence-corrected chi connectivity index (χ3v) is 6.67. The van der Waals surface area contributed by atoms with Gasteiger partial charge in [-0.1, -0.05) is 47.7 Å². The number of amides is 2. The molecule has 3 aromatic rings. The predicted molar refractivity (Wildman–Crippen MR) is 140 cm³/mol. The molecule has 35 heavy (non-hydrogen) atoms. The van der Waals surface area contributed by atoms with Crippen LogP contribution in [0.2, 0.25) is 0 Å². The van der Waals surface area contributed by atoms with Crippen molar-refractivity contribution in [2.24, 2.45) is 0 Å². The van der Waals surface area contributed by atoms with E-state index in [0.29, 0.717) is 31.0 Å². The Kier molecular flexibility index (Phi) is 8.28. The van der Waals surface area contributed by atoms with Gasteiger partial charge in [-0.2, -0.15) is 0 Å². The highest BCUT2D eigenvalue weighted by molar-refractivity contribution is 7.15. The lowest BCUT2D eigenvalue weighted by atomic mass is 10.0. The summed E-state index contributed by atoms with van der Waals surface area (Å²) in [5, 5.41) is 7.03. The number of benzene rings is 2. The molecule has 182 valence electrons. The molecule has 0 bridgehead atoms. The van der Waals surface area contributed by atoms with Crippen LogP contribution >= 0.6 is 11.3 Å². The van der Waals surface area contributed by atoms with Crippen molar-refractivity contribution < 1.29 is 14.3 Å². The first-order chi connectivity index (χ1) is 17.0. The molecule has 1 atom stereocenters. The summed E-state index contributed by atoms with van der Waals surface area (Å²) >= 11 is 1.59. The Morgan fingerprint density at radius 2 is 2.06 bits per heavy atom. The second-order valence-electron chi connectivity index (χ2n) is 8.62. The number of hydrogen-bond donors (Lipinski definition) is 2. The Morgan fingerprint density at radius 3 is 2.83 bits per heavy atom. The second kappa shape index (κ2) is 11.8. The molecule has 0 unspecified atom stereocenters. The lowest BCUT2D eigenvalue weighted by Gasteiger charge is -2.33. The maximum Gasteiger partial charge on any atom is 0.253 e. The number of ether oxygens (including phenoxy) is 1. The maximum absolute atomic E-state index is 13.0. The van der Waals surface area contributed by atoms with Gasteiger partial charge in [0.2, 0.25) is 5.91 Å². The SMILES string of the molecule is C=CC(=O)Nc1ccc(C(=O)N2CCC[C@@H](Nc3ncc(COCc4cccc(C)c4)s3)C2)cc1. The van der Waals surface area contributed by atoms with E-state index in [2.05, 4.69) is 47.3 Å². The molecule has 2 heterocycles. The number of anilines is 2. The molecule has 7 nitrogen and oxygen atoms in total. The summed E-state index contributed by atoms with van der Waals surface area (Å²) in [6.45, 7) is 7.95. The Balaban J connectivity index is 1.27. The van der Waals surface area contributed by atoms with Crippen LogP contribution in [-0.4, -0.2) is 40.8 Å². The average Bonchev–Trinajstić information content (AvgIpc) is 3.31. The molecule has 0 aliphatic carbocycles. The quantitative estimate of drug-likeness (QED) is 0.412. The van der Waals surface area contributed by atoms with E-state index >= 15 is 0 Å². The van der Waals surface area contributed by atoms with Crippen LogP contribution in [0, 0.1) is 6.92 Å². The Bertz CT molecular complexity index is 1180. The first-order valence-corrected chi connectivity index (χ1v) is 12.5. The number of hydrogen-bond acceptors (Lipinski definition) is 6. The number of piperidine rings is 1. The van der Waals surface area contributed by atoms with E-state index in [9.17, 15) is 9.59 Å². The highest BCUT2D eigenvalue weighted by Crippen LogP contribution is 2.23. The number of rotatable bonds is 9. The number of aromatic nitrogens is 1. The summed E-state index contributed by atoms with van der Waals surface area (Å²) in [5.41, 5.74) is 3.62. The standard InChI is InChI=1S/C27H30N4O3S/c1-3-25(32)29-22-11-9-21(10-12-22)26(33)31-13-5-8-23(16-31)30-27-28-15-24(35-27)18-34-17-20-7-4-6-19(2)14-20/h3-4,6-7,9-12,14-15,23H,1,5,8,13,16-18H2,2H3,(H,28,30)(H,29,32)/t23-/m1/s1. The summed E-state index contributed by atoms with van der Waals surface area (Å²) in [7, 11) is 0. The van der Waals surface area contributed by atoms with E-state index in [4.69, 9.17) is 4.74 Å². The molecule has 1 aromatic heterocycles. The van der Waals surface area contributed by atoms with Gasteiger partial charge in [0.05, 0.1) is 18.1 Å². The zero-order chi connectivity index (χ0) is 24.6. The monoisotopic (exact) mass is 490 g/mol. The summed E-state index contributed by atoms with van der Waals surface area (Å²) < 4.78 is 5.86. The smallest absolute Gasteiger partial charge is 0.253 e. The van der Waals surface area contributed by atoms with Crippen LogP contribution in [0.15, 0.2) is 67.4 Å². The van der Waals surface area contributed by atoms with Crippen LogP contribution in [0.1, 0.15) is 39.2 Å². The number of carbonyl (C=O) groups excluding carboxylic acids is 2. The van der Waals surface area contributed by atoms with Crippen LogP contribution in [0.3, 0.4) is 0 Å². The molecule has 4 rings (SSSR count). The summed E-state index contributed by atoms with van der Waals surface area (Å²) in [4.78, 5) is 31.9. The van der Waals surface area contributed by atoms with Crippen LogP contribution in [-0.2, 0) is 22.7 Å². The number of nitrogens with one attached hydrogen (secondary N) is 2. The molecule has 8 heteroatoms. The van der Waals surface area contributed by atoms with E-state index < -0.39 is 0 Å². The molecule has 0 radical (unpaired) electrons. The number of likely N-dealkylation sites (tertiary alicyclic amines) is 1. The van der Waals surface area contributed by atoms with Gasteiger partial charge >= 0.3 is 0 Å². The first-order valence-electron chi connectivity index (χ1n) is 11.7. The Morgan fingerprint density at radius 1 is 1.23 bits per heavy atom. The number of nitrogens with zero attached hydrogens (tertiary/aromatic N) is 2. The number of aryl methyl sites for hydroxylation is 1.